The van der Waals surface area contributed by atoms with Gasteiger partial charge >= 0.3 is 0 Å². The van der Waals surface area contributed by atoms with E-state index in [1.165, 1.54) is 6.07 Å². The molecule has 0 spiro atoms. The summed E-state index contributed by atoms with van der Waals surface area (Å²) < 4.78 is 18.8. The fourth-order valence-electron chi connectivity index (χ4n) is 2.24. The molecule has 0 saturated heterocycles. The van der Waals surface area contributed by atoms with Gasteiger partial charge in [0, 0.05) is 24.9 Å². The second-order valence-corrected chi connectivity index (χ2v) is 6.80. The molecule has 6 nitrogen and oxygen atoms in total. The Labute approximate surface area is 159 Å². The van der Waals surface area contributed by atoms with Crippen LogP contribution in [0.3, 0.4) is 0 Å². The van der Waals surface area contributed by atoms with Crippen LogP contribution in [0.2, 0.25) is 0 Å². The average molecular weight is 385 g/mol. The third kappa shape index (κ3) is 5.25. The highest BCUT2D eigenvalue weighted by atomic mass is 35.5. The summed E-state index contributed by atoms with van der Waals surface area (Å²) in [5.41, 5.74) is 6.41. The maximum Gasteiger partial charge on any atom is 0.227 e. The van der Waals surface area contributed by atoms with Gasteiger partial charge in [0.1, 0.15) is 5.82 Å². The zero-order chi connectivity index (χ0) is 18.6. The van der Waals surface area contributed by atoms with Crippen molar-refractivity contribution >= 4 is 18.3 Å². The number of carbonyl (C=O) groups excluding carboxylic acids is 1. The molecule has 1 aromatic heterocycles. The minimum Gasteiger partial charge on any atom is -0.349 e. The Morgan fingerprint density at radius 1 is 1.42 bits per heavy atom. The van der Waals surface area contributed by atoms with Gasteiger partial charge in [-0.25, -0.2) is 4.39 Å². The third-order valence-corrected chi connectivity index (χ3v) is 4.59. The predicted molar refractivity (Wildman–Crippen MR) is 100 cm³/mol. The lowest BCUT2D eigenvalue weighted by molar-refractivity contribution is -0.123. The van der Waals surface area contributed by atoms with Gasteiger partial charge in [-0.05, 0) is 31.4 Å². The van der Waals surface area contributed by atoms with Gasteiger partial charge in [-0.15, -0.1) is 12.4 Å². The standard InChI is InChI=1S/C18H25FN4O2.ClH/c1-11(2)18(4,10-20)22-15(24)7-8-16-21-17(23-25-16)13-6-5-12(3)14(19)9-13;/h5-6,9,11H,7-8,10,20H2,1-4H3,(H,22,24);1H. The van der Waals surface area contributed by atoms with Gasteiger partial charge in [0.2, 0.25) is 17.6 Å². The third-order valence-electron chi connectivity index (χ3n) is 4.59. The minimum absolute atomic E-state index is 0. The van der Waals surface area contributed by atoms with Crippen LogP contribution in [0.1, 0.15) is 38.6 Å². The summed E-state index contributed by atoms with van der Waals surface area (Å²) in [6, 6.07) is 4.76. The van der Waals surface area contributed by atoms with E-state index >= 15 is 0 Å². The zero-order valence-corrected chi connectivity index (χ0v) is 16.3. The summed E-state index contributed by atoms with van der Waals surface area (Å²) in [6.45, 7) is 7.99. The smallest absolute Gasteiger partial charge is 0.227 e. The number of hydrogen-bond donors (Lipinski definition) is 2. The Balaban J connectivity index is 0.00000338. The number of nitrogens with zero attached hydrogens (tertiary/aromatic N) is 2. The number of nitrogens with one attached hydrogen (secondary N) is 1. The van der Waals surface area contributed by atoms with E-state index in [1.807, 2.05) is 20.8 Å². The highest BCUT2D eigenvalue weighted by molar-refractivity contribution is 5.85. The summed E-state index contributed by atoms with van der Waals surface area (Å²) in [5, 5.41) is 6.81. The Morgan fingerprint density at radius 2 is 2.12 bits per heavy atom. The van der Waals surface area contributed by atoms with Crippen molar-refractivity contribution < 1.29 is 13.7 Å². The van der Waals surface area contributed by atoms with Crippen LogP contribution in [0.4, 0.5) is 4.39 Å². The first kappa shape index (κ1) is 22.1. The zero-order valence-electron chi connectivity index (χ0n) is 15.5. The van der Waals surface area contributed by atoms with Crippen molar-refractivity contribution in [3.8, 4) is 11.4 Å². The number of amides is 1. The van der Waals surface area contributed by atoms with Crippen LogP contribution in [-0.2, 0) is 11.2 Å². The van der Waals surface area contributed by atoms with Crippen LogP contribution in [0, 0.1) is 18.7 Å². The largest absolute Gasteiger partial charge is 0.349 e. The fourth-order valence-corrected chi connectivity index (χ4v) is 2.24. The molecule has 1 heterocycles. The molecule has 144 valence electrons. The van der Waals surface area contributed by atoms with Crippen LogP contribution in [-0.4, -0.2) is 28.1 Å². The van der Waals surface area contributed by atoms with Crippen molar-refractivity contribution in [3.63, 3.8) is 0 Å². The first-order valence-electron chi connectivity index (χ1n) is 8.35. The van der Waals surface area contributed by atoms with Gasteiger partial charge in [-0.1, -0.05) is 31.1 Å². The quantitative estimate of drug-likeness (QED) is 0.765. The lowest BCUT2D eigenvalue weighted by atomic mass is 9.88. The van der Waals surface area contributed by atoms with Gasteiger partial charge in [-0.3, -0.25) is 4.79 Å². The number of benzene rings is 1. The van der Waals surface area contributed by atoms with E-state index in [2.05, 4.69) is 15.5 Å². The maximum absolute atomic E-state index is 13.6. The second-order valence-electron chi connectivity index (χ2n) is 6.80. The maximum atomic E-state index is 13.6. The summed E-state index contributed by atoms with van der Waals surface area (Å²) in [7, 11) is 0. The number of aryl methyl sites for hydroxylation is 2. The predicted octanol–water partition coefficient (Wildman–Crippen LogP) is 3.03. The number of nitrogens with two attached hydrogens (primary N) is 1. The molecule has 1 atom stereocenters. The molecule has 8 heteroatoms. The van der Waals surface area contributed by atoms with Crippen molar-refractivity contribution in [2.24, 2.45) is 11.7 Å². The first-order chi connectivity index (χ1) is 11.7. The molecule has 0 fully saturated rings. The van der Waals surface area contributed by atoms with Crippen molar-refractivity contribution in [2.45, 2.75) is 46.1 Å². The summed E-state index contributed by atoms with van der Waals surface area (Å²) in [6.07, 6.45) is 0.526. The van der Waals surface area contributed by atoms with Gasteiger partial charge < -0.3 is 15.6 Å². The van der Waals surface area contributed by atoms with Crippen LogP contribution in [0.5, 0.6) is 0 Å². The number of rotatable bonds is 7. The molecular weight excluding hydrogens is 359 g/mol. The number of hydrogen-bond acceptors (Lipinski definition) is 5. The molecular formula is C18H26ClFN4O2. The summed E-state index contributed by atoms with van der Waals surface area (Å²) in [5.74, 6) is 0.419. The molecule has 0 aliphatic rings. The normalized spacial score (nSPS) is 13.2. The van der Waals surface area contributed by atoms with Crippen molar-refractivity contribution in [3.05, 3.63) is 35.5 Å². The Hall–Kier alpha value is -1.99. The molecule has 0 bridgehead atoms. The van der Waals surface area contributed by atoms with E-state index < -0.39 is 5.54 Å². The molecule has 2 aromatic rings. The van der Waals surface area contributed by atoms with Crippen LogP contribution in [0.25, 0.3) is 11.4 Å². The molecule has 1 amide bonds. The number of carbonyl (C=O) groups is 1. The Morgan fingerprint density at radius 3 is 2.69 bits per heavy atom. The van der Waals surface area contributed by atoms with Gasteiger partial charge in [0.05, 0.1) is 5.54 Å². The first-order valence-corrected chi connectivity index (χ1v) is 8.35. The van der Waals surface area contributed by atoms with Crippen LogP contribution < -0.4 is 11.1 Å². The number of aromatic nitrogens is 2. The van der Waals surface area contributed by atoms with E-state index in [4.69, 9.17) is 10.3 Å². The van der Waals surface area contributed by atoms with Crippen molar-refractivity contribution in [1.29, 1.82) is 0 Å². The Bertz CT molecular complexity index is 751. The molecule has 1 unspecified atom stereocenters. The number of halogens is 2. The van der Waals surface area contributed by atoms with E-state index in [-0.39, 0.29) is 36.5 Å². The monoisotopic (exact) mass is 384 g/mol. The summed E-state index contributed by atoms with van der Waals surface area (Å²) in [4.78, 5) is 16.4. The van der Waals surface area contributed by atoms with Gasteiger partial charge in [0.15, 0.2) is 0 Å². The lowest BCUT2D eigenvalue weighted by Gasteiger charge is -2.33. The molecule has 0 aliphatic heterocycles. The van der Waals surface area contributed by atoms with E-state index in [0.29, 0.717) is 35.8 Å². The van der Waals surface area contributed by atoms with Crippen LogP contribution >= 0.6 is 12.4 Å². The van der Waals surface area contributed by atoms with Crippen LogP contribution in [0.15, 0.2) is 22.7 Å². The lowest BCUT2D eigenvalue weighted by Crippen LogP contribution is -2.55. The molecule has 0 saturated carbocycles. The van der Waals surface area contributed by atoms with E-state index in [1.54, 1.807) is 19.1 Å². The second kappa shape index (κ2) is 9.09. The molecule has 1 aromatic carbocycles. The molecule has 26 heavy (non-hydrogen) atoms. The van der Waals surface area contributed by atoms with Gasteiger partial charge in [0.25, 0.3) is 0 Å². The highest BCUT2D eigenvalue weighted by Gasteiger charge is 2.28. The van der Waals surface area contributed by atoms with Gasteiger partial charge in [-0.2, -0.15) is 4.98 Å². The minimum atomic E-state index is -0.448. The topological polar surface area (TPSA) is 94.0 Å². The molecule has 0 radical (unpaired) electrons. The van der Waals surface area contributed by atoms with Crippen molar-refractivity contribution in [1.82, 2.24) is 15.5 Å². The van der Waals surface area contributed by atoms with Crippen molar-refractivity contribution in [2.75, 3.05) is 6.54 Å². The highest BCUT2D eigenvalue weighted by Crippen LogP contribution is 2.19. The average Bonchev–Trinajstić information content (AvgIpc) is 3.04. The fraction of sp³-hybridized carbons (Fsp3) is 0.500. The summed E-state index contributed by atoms with van der Waals surface area (Å²) >= 11 is 0. The van der Waals surface area contributed by atoms with E-state index in [9.17, 15) is 9.18 Å². The van der Waals surface area contributed by atoms with E-state index in [0.717, 1.165) is 0 Å². The Kier molecular flexibility index (Phi) is 7.71. The molecule has 2 rings (SSSR count). The molecule has 0 aliphatic carbocycles. The SMILES string of the molecule is Cc1ccc(-c2noc(CCC(=O)NC(C)(CN)C(C)C)n2)cc1F.Cl. The molecule has 3 N–H and O–H groups in total.